The van der Waals surface area contributed by atoms with Gasteiger partial charge in [0.1, 0.15) is 49.2 Å². The second kappa shape index (κ2) is 29.7. The number of amides is 4. The summed E-state index contributed by atoms with van der Waals surface area (Å²) in [6.07, 6.45) is 1.14. The van der Waals surface area contributed by atoms with Crippen molar-refractivity contribution >= 4 is 23.6 Å². The maximum Gasteiger partial charge on any atom is 0.283 e. The van der Waals surface area contributed by atoms with Crippen molar-refractivity contribution in [1.29, 1.82) is 0 Å². The Bertz CT molecular complexity index is 3410. The molecular weight excluding hydrogens is 1050 g/mol. The maximum atomic E-state index is 14.6. The molecule has 0 radical (unpaired) electrons. The molecule has 82 heavy (non-hydrogen) atoms. The van der Waals surface area contributed by atoms with Crippen LogP contribution in [-0.4, -0.2) is 91.6 Å². The van der Waals surface area contributed by atoms with E-state index >= 15 is 0 Å². The third-order valence-electron chi connectivity index (χ3n) is 12.8. The number of hydrogen-bond donors (Lipinski definition) is 2. The highest BCUT2D eigenvalue weighted by Crippen LogP contribution is 2.12. The molecule has 0 atom stereocenters. The summed E-state index contributed by atoms with van der Waals surface area (Å²) < 4.78 is 3.80. The lowest BCUT2D eigenvalue weighted by Crippen LogP contribution is -2.41. The van der Waals surface area contributed by atoms with E-state index < -0.39 is 45.9 Å². The van der Waals surface area contributed by atoms with Crippen LogP contribution < -0.4 is 52.2 Å². The number of aromatic nitrogens is 4. The number of nitrogens with one attached hydrogen (secondary N) is 2. The molecule has 20 nitrogen and oxygen atoms in total. The summed E-state index contributed by atoms with van der Waals surface area (Å²) >= 11 is 0. The van der Waals surface area contributed by atoms with Gasteiger partial charge in [0.15, 0.2) is 0 Å². The number of nitrogens with zero attached hydrogens (tertiary/aromatic N) is 6. The Balaban J connectivity index is 0.973. The highest BCUT2D eigenvalue weighted by molar-refractivity contribution is 5.94. The molecule has 0 fully saturated rings. The summed E-state index contributed by atoms with van der Waals surface area (Å²) in [6, 6.07) is 53.6. The third-order valence-corrected chi connectivity index (χ3v) is 12.8. The van der Waals surface area contributed by atoms with Gasteiger partial charge in [0.25, 0.3) is 45.9 Å². The van der Waals surface area contributed by atoms with Crippen molar-refractivity contribution in [3.05, 3.63) is 281 Å². The number of carbonyl (C=O) groups excluding carboxylic acids is 4. The van der Waals surface area contributed by atoms with Crippen LogP contribution >= 0.6 is 0 Å². The Morgan fingerprint density at radius 3 is 0.866 bits per heavy atom. The van der Waals surface area contributed by atoms with Crippen molar-refractivity contribution in [3.8, 4) is 0 Å². The molecule has 422 valence electrons. The van der Waals surface area contributed by atoms with Crippen molar-refractivity contribution in [2.75, 3.05) is 39.3 Å². The van der Waals surface area contributed by atoms with Gasteiger partial charge in [-0.2, -0.15) is 0 Å². The highest BCUT2D eigenvalue weighted by Gasteiger charge is 2.24. The van der Waals surface area contributed by atoms with E-state index in [1.54, 1.807) is 0 Å². The first-order chi connectivity index (χ1) is 40.0. The summed E-state index contributed by atoms with van der Waals surface area (Å²) in [5.74, 6) is -2.24. The molecule has 0 bridgehead atoms. The summed E-state index contributed by atoms with van der Waals surface area (Å²) in [7, 11) is 0. The molecule has 4 aromatic heterocycles. The molecular formula is C62H62N8O12. The van der Waals surface area contributed by atoms with E-state index in [9.17, 15) is 38.4 Å². The summed E-state index contributed by atoms with van der Waals surface area (Å²) in [5.41, 5.74) is 0.785. The number of pyridine rings is 4. The fourth-order valence-electron chi connectivity index (χ4n) is 8.62. The van der Waals surface area contributed by atoms with E-state index in [1.165, 1.54) is 82.6 Å². The van der Waals surface area contributed by atoms with E-state index in [-0.39, 0.29) is 101 Å². The summed E-state index contributed by atoms with van der Waals surface area (Å²) in [6.45, 7) is 0.642. The molecule has 2 N–H and O–H groups in total. The van der Waals surface area contributed by atoms with Gasteiger partial charge in [-0.15, -0.1) is 18.9 Å². The lowest BCUT2D eigenvalue weighted by Gasteiger charge is -2.26. The zero-order valence-corrected chi connectivity index (χ0v) is 45.0. The molecule has 8 aromatic rings. The van der Waals surface area contributed by atoms with Crippen LogP contribution in [0.15, 0.2) is 213 Å². The van der Waals surface area contributed by atoms with E-state index in [0.717, 1.165) is 41.2 Å². The summed E-state index contributed by atoms with van der Waals surface area (Å²) in [5, 5.41) is 5.66. The highest BCUT2D eigenvalue weighted by atomic mass is 16.7. The van der Waals surface area contributed by atoms with Crippen LogP contribution in [0.5, 0.6) is 0 Å². The Labute approximate surface area is 471 Å². The minimum Gasteiger partial charge on any atom is -0.405 e. The lowest BCUT2D eigenvalue weighted by atomic mass is 10.2. The van der Waals surface area contributed by atoms with E-state index in [1.807, 2.05) is 121 Å². The largest absolute Gasteiger partial charge is 0.405 e. The van der Waals surface area contributed by atoms with Crippen molar-refractivity contribution in [2.45, 2.75) is 52.1 Å². The van der Waals surface area contributed by atoms with Gasteiger partial charge < -0.3 is 39.8 Å². The smallest absolute Gasteiger partial charge is 0.283 e. The molecule has 0 aliphatic heterocycles. The van der Waals surface area contributed by atoms with Gasteiger partial charge in [-0.25, -0.2) is 0 Å². The van der Waals surface area contributed by atoms with Crippen molar-refractivity contribution in [3.63, 3.8) is 0 Å². The second-order valence-corrected chi connectivity index (χ2v) is 18.7. The molecule has 0 spiro atoms. The molecule has 4 heterocycles. The SMILES string of the molecule is O=C(NCCCN(CCCCN(CCCNC(=O)c1cccc(=O)n1OCc1ccccc1)C(=O)c1cccc(=O)n1OCc1ccccc1)C(=O)c1cccc(=O)n1OCc1ccccc1)c1cccc(=O)n1OCc1ccccc1. The van der Waals surface area contributed by atoms with Crippen LogP contribution in [-0.2, 0) is 26.4 Å². The standard InChI is InChI=1S/C62H62N8O12/c71-55-33-15-29-51(67(55)79-43-47-21-5-1-6-22-47)59(75)63-37-19-41-65(61(77)53-31-17-35-57(73)69(53)81-45-49-25-9-3-10-26-49)39-13-14-40-66(62(78)54-32-18-36-58(74)70(54)82-46-50-27-11-4-12-28-50)42-20-38-64-60(76)52-30-16-34-56(72)68(52)80-44-48-23-7-2-8-24-48/h1-12,15-18,21-36H,13-14,19-20,37-46H2,(H,63,75)(H,64,76). The Kier molecular flexibility index (Phi) is 20.9. The van der Waals surface area contributed by atoms with Gasteiger partial charge >= 0.3 is 0 Å². The molecule has 0 unspecified atom stereocenters. The average Bonchev–Trinajstić information content (AvgIpc) is 3.69. The van der Waals surface area contributed by atoms with Gasteiger partial charge in [0.2, 0.25) is 0 Å². The molecule has 0 saturated carbocycles. The van der Waals surface area contributed by atoms with E-state index in [0.29, 0.717) is 12.8 Å². The van der Waals surface area contributed by atoms with Gasteiger partial charge in [-0.3, -0.25) is 38.4 Å². The molecule has 4 amide bonds. The van der Waals surface area contributed by atoms with Crippen LogP contribution in [0.4, 0.5) is 0 Å². The number of benzene rings is 4. The Hall–Kier alpha value is -10.2. The quantitative estimate of drug-likeness (QED) is 0.0601. The number of unbranched alkanes of at least 4 members (excludes halogenated alkanes) is 1. The average molecular weight is 1110 g/mol. The van der Waals surface area contributed by atoms with Crippen molar-refractivity contribution in [2.24, 2.45) is 0 Å². The molecule has 0 saturated heterocycles. The van der Waals surface area contributed by atoms with Crippen LogP contribution in [0.25, 0.3) is 0 Å². The minimum atomic E-state index is -0.582. The fourth-order valence-corrected chi connectivity index (χ4v) is 8.62. The van der Waals surface area contributed by atoms with Crippen LogP contribution in [0.2, 0.25) is 0 Å². The zero-order valence-electron chi connectivity index (χ0n) is 45.0. The molecule has 8 rings (SSSR count). The van der Waals surface area contributed by atoms with Crippen molar-refractivity contribution in [1.82, 2.24) is 39.4 Å². The van der Waals surface area contributed by atoms with E-state index in [4.69, 9.17) is 19.4 Å². The molecule has 20 heteroatoms. The Morgan fingerprint density at radius 2 is 0.573 bits per heavy atom. The summed E-state index contributed by atoms with van der Waals surface area (Å²) in [4.78, 5) is 135. The van der Waals surface area contributed by atoms with Gasteiger partial charge in [0.05, 0.1) is 0 Å². The van der Waals surface area contributed by atoms with E-state index in [2.05, 4.69) is 10.6 Å². The van der Waals surface area contributed by atoms with Gasteiger partial charge in [0, 0.05) is 63.5 Å². The van der Waals surface area contributed by atoms with Crippen LogP contribution in [0.3, 0.4) is 0 Å². The molecule has 0 aliphatic carbocycles. The molecule has 0 aliphatic rings. The zero-order chi connectivity index (χ0) is 57.5. The predicted octanol–water partition coefficient (Wildman–Crippen LogP) is 4.85. The number of hydrogen-bond acceptors (Lipinski definition) is 12. The predicted molar refractivity (Wildman–Crippen MR) is 305 cm³/mol. The van der Waals surface area contributed by atoms with Gasteiger partial charge in [-0.1, -0.05) is 146 Å². The van der Waals surface area contributed by atoms with Crippen LogP contribution in [0.1, 0.15) is 89.9 Å². The first-order valence-corrected chi connectivity index (χ1v) is 26.8. The third kappa shape index (κ3) is 16.2. The number of rotatable bonds is 29. The normalized spacial score (nSPS) is 10.8. The van der Waals surface area contributed by atoms with Crippen molar-refractivity contribution < 1.29 is 38.5 Å². The molecule has 4 aromatic carbocycles. The first-order valence-electron chi connectivity index (χ1n) is 26.8. The maximum absolute atomic E-state index is 14.6. The number of carbonyl (C=O) groups is 4. The minimum absolute atomic E-state index is 0.00666. The monoisotopic (exact) mass is 1110 g/mol. The van der Waals surface area contributed by atoms with Gasteiger partial charge in [-0.05, 0) is 72.2 Å². The first kappa shape index (κ1) is 57.9. The fraction of sp³-hybridized carbons (Fsp3) is 0.226. The topological polar surface area (TPSA) is 224 Å². The Morgan fingerprint density at radius 1 is 0.317 bits per heavy atom. The van der Waals surface area contributed by atoms with Crippen LogP contribution in [0, 0.1) is 0 Å². The second-order valence-electron chi connectivity index (χ2n) is 18.7. The lowest BCUT2D eigenvalue weighted by molar-refractivity contribution is 0.0557.